The summed E-state index contributed by atoms with van der Waals surface area (Å²) in [5.74, 6) is 0.569. The molecule has 1 N–H and O–H groups in total. The zero-order valence-electron chi connectivity index (χ0n) is 10.1. The molecule has 1 amide bonds. The minimum absolute atomic E-state index is 0.0529. The number of hydrogen-bond acceptors (Lipinski definition) is 5. The largest absolute Gasteiger partial charge is 0.494 e. The number of anilines is 1. The summed E-state index contributed by atoms with van der Waals surface area (Å²) in [7, 11) is 1.56. The smallest absolute Gasteiger partial charge is 0.224 e. The summed E-state index contributed by atoms with van der Waals surface area (Å²) in [5.41, 5.74) is 1.34. The van der Waals surface area contributed by atoms with Gasteiger partial charge in [-0.25, -0.2) is 0 Å². The highest BCUT2D eigenvalue weighted by Crippen LogP contribution is 2.25. The number of carbonyl (C=O) groups is 1. The van der Waals surface area contributed by atoms with Gasteiger partial charge in [-0.15, -0.1) is 5.10 Å². The van der Waals surface area contributed by atoms with E-state index in [0.717, 1.165) is 0 Å². The van der Waals surface area contributed by atoms with Crippen LogP contribution in [0.15, 0.2) is 24.5 Å². The van der Waals surface area contributed by atoms with Crippen LogP contribution in [0, 0.1) is 0 Å². The SMILES string of the molecule is CCC(=O)Nc1ccc(OC)c(-n2cnnn2)c1. The molecule has 2 aromatic rings. The Balaban J connectivity index is 2.37. The number of amides is 1. The first-order valence-electron chi connectivity index (χ1n) is 5.46. The van der Waals surface area contributed by atoms with Crippen LogP contribution in [0.2, 0.25) is 0 Å². The van der Waals surface area contributed by atoms with Gasteiger partial charge in [-0.3, -0.25) is 4.79 Å². The molecule has 0 fully saturated rings. The molecule has 0 spiro atoms. The summed E-state index contributed by atoms with van der Waals surface area (Å²) in [5, 5.41) is 13.7. The maximum absolute atomic E-state index is 11.3. The molecule has 1 heterocycles. The van der Waals surface area contributed by atoms with Crippen LogP contribution in [-0.2, 0) is 4.79 Å². The molecule has 2 rings (SSSR count). The van der Waals surface area contributed by atoms with Crippen molar-refractivity contribution in [2.24, 2.45) is 0 Å². The molecule has 0 unspecified atom stereocenters. The maximum atomic E-state index is 11.3. The summed E-state index contributed by atoms with van der Waals surface area (Å²) < 4.78 is 6.70. The minimum atomic E-state index is -0.0529. The zero-order chi connectivity index (χ0) is 13.0. The number of hydrogen-bond donors (Lipinski definition) is 1. The average Bonchev–Trinajstić information content (AvgIpc) is 2.92. The van der Waals surface area contributed by atoms with Crippen molar-refractivity contribution in [3.8, 4) is 11.4 Å². The third-order valence-corrected chi connectivity index (χ3v) is 2.38. The molecule has 7 nitrogen and oxygen atoms in total. The fraction of sp³-hybridized carbons (Fsp3) is 0.273. The third-order valence-electron chi connectivity index (χ3n) is 2.38. The predicted molar refractivity (Wildman–Crippen MR) is 64.6 cm³/mol. The molecule has 94 valence electrons. The van der Waals surface area contributed by atoms with Crippen LogP contribution in [0.5, 0.6) is 5.75 Å². The van der Waals surface area contributed by atoms with Crippen molar-refractivity contribution >= 4 is 11.6 Å². The van der Waals surface area contributed by atoms with Gasteiger partial charge in [0.05, 0.1) is 7.11 Å². The van der Waals surface area contributed by atoms with E-state index >= 15 is 0 Å². The first-order valence-corrected chi connectivity index (χ1v) is 5.46. The molecule has 0 aliphatic rings. The maximum Gasteiger partial charge on any atom is 0.224 e. The number of nitrogens with one attached hydrogen (secondary N) is 1. The second-order valence-electron chi connectivity index (χ2n) is 3.54. The second-order valence-corrected chi connectivity index (χ2v) is 3.54. The monoisotopic (exact) mass is 247 g/mol. The van der Waals surface area contributed by atoms with Gasteiger partial charge in [-0.2, -0.15) is 4.68 Å². The van der Waals surface area contributed by atoms with Gasteiger partial charge in [0.2, 0.25) is 5.91 Å². The van der Waals surface area contributed by atoms with E-state index in [1.165, 1.54) is 11.0 Å². The second kappa shape index (κ2) is 5.26. The van der Waals surface area contributed by atoms with Crippen molar-refractivity contribution in [2.75, 3.05) is 12.4 Å². The van der Waals surface area contributed by atoms with Gasteiger partial charge in [0.25, 0.3) is 0 Å². The Morgan fingerprint density at radius 3 is 2.94 bits per heavy atom. The van der Waals surface area contributed by atoms with E-state index in [4.69, 9.17) is 4.74 Å². The Hall–Kier alpha value is -2.44. The molecule has 1 aromatic carbocycles. The highest BCUT2D eigenvalue weighted by atomic mass is 16.5. The topological polar surface area (TPSA) is 81.9 Å². The first kappa shape index (κ1) is 12.0. The van der Waals surface area contributed by atoms with E-state index in [1.807, 2.05) is 0 Å². The zero-order valence-corrected chi connectivity index (χ0v) is 10.1. The van der Waals surface area contributed by atoms with Crippen LogP contribution < -0.4 is 10.1 Å². The van der Waals surface area contributed by atoms with Crippen LogP contribution in [0.25, 0.3) is 5.69 Å². The molecule has 18 heavy (non-hydrogen) atoms. The molecule has 0 saturated heterocycles. The van der Waals surface area contributed by atoms with Crippen molar-refractivity contribution in [3.05, 3.63) is 24.5 Å². The Morgan fingerprint density at radius 1 is 1.50 bits per heavy atom. The molecule has 0 aliphatic carbocycles. The number of benzene rings is 1. The van der Waals surface area contributed by atoms with E-state index in [1.54, 1.807) is 32.2 Å². The summed E-state index contributed by atoms with van der Waals surface area (Å²) in [6.07, 6.45) is 1.88. The molecule has 1 aromatic heterocycles. The Morgan fingerprint density at radius 2 is 2.33 bits per heavy atom. The van der Waals surface area contributed by atoms with Gasteiger partial charge in [0.1, 0.15) is 17.8 Å². The summed E-state index contributed by atoms with van der Waals surface area (Å²) in [6.45, 7) is 1.79. The number of carbonyl (C=O) groups excluding carboxylic acids is 1. The molecular weight excluding hydrogens is 234 g/mol. The van der Waals surface area contributed by atoms with E-state index in [2.05, 4.69) is 20.8 Å². The molecular formula is C11H13N5O2. The molecule has 0 radical (unpaired) electrons. The van der Waals surface area contributed by atoms with Crippen LogP contribution in [-0.4, -0.2) is 33.2 Å². The van der Waals surface area contributed by atoms with Gasteiger partial charge in [-0.1, -0.05) is 6.92 Å². The molecule has 0 bridgehead atoms. The van der Waals surface area contributed by atoms with E-state index in [0.29, 0.717) is 23.5 Å². The van der Waals surface area contributed by atoms with Gasteiger partial charge < -0.3 is 10.1 Å². The van der Waals surface area contributed by atoms with Gasteiger partial charge in [-0.05, 0) is 28.6 Å². The van der Waals surface area contributed by atoms with Gasteiger partial charge >= 0.3 is 0 Å². The number of rotatable bonds is 4. The Bertz CT molecular complexity index is 538. The Labute approximate surface area is 104 Å². The van der Waals surface area contributed by atoms with Crippen molar-refractivity contribution in [1.82, 2.24) is 20.2 Å². The first-order chi connectivity index (χ1) is 8.74. The lowest BCUT2D eigenvalue weighted by Crippen LogP contribution is -2.10. The summed E-state index contributed by atoms with van der Waals surface area (Å²) >= 11 is 0. The lowest BCUT2D eigenvalue weighted by Gasteiger charge is -2.10. The quantitative estimate of drug-likeness (QED) is 0.872. The van der Waals surface area contributed by atoms with E-state index in [9.17, 15) is 4.79 Å². The van der Waals surface area contributed by atoms with Crippen molar-refractivity contribution in [2.45, 2.75) is 13.3 Å². The molecule has 7 heteroatoms. The summed E-state index contributed by atoms with van der Waals surface area (Å²) in [6, 6.07) is 5.27. The molecule has 0 atom stereocenters. The fourth-order valence-electron chi connectivity index (χ4n) is 1.47. The fourth-order valence-corrected chi connectivity index (χ4v) is 1.47. The lowest BCUT2D eigenvalue weighted by molar-refractivity contribution is -0.115. The number of aromatic nitrogens is 4. The van der Waals surface area contributed by atoms with Crippen LogP contribution >= 0.6 is 0 Å². The number of methoxy groups -OCH3 is 1. The minimum Gasteiger partial charge on any atom is -0.494 e. The average molecular weight is 247 g/mol. The summed E-state index contributed by atoms with van der Waals surface area (Å²) in [4.78, 5) is 11.3. The van der Waals surface area contributed by atoms with E-state index < -0.39 is 0 Å². The van der Waals surface area contributed by atoms with Crippen LogP contribution in [0.1, 0.15) is 13.3 Å². The van der Waals surface area contributed by atoms with Crippen molar-refractivity contribution < 1.29 is 9.53 Å². The van der Waals surface area contributed by atoms with Gasteiger partial charge in [0, 0.05) is 12.1 Å². The number of ether oxygens (including phenoxy) is 1. The number of tetrazole rings is 1. The predicted octanol–water partition coefficient (Wildman–Crippen LogP) is 1.02. The molecule has 0 saturated carbocycles. The van der Waals surface area contributed by atoms with Gasteiger partial charge in [0.15, 0.2) is 0 Å². The third kappa shape index (κ3) is 2.45. The van der Waals surface area contributed by atoms with Crippen LogP contribution in [0.4, 0.5) is 5.69 Å². The van der Waals surface area contributed by atoms with E-state index in [-0.39, 0.29) is 5.91 Å². The highest BCUT2D eigenvalue weighted by Gasteiger charge is 2.09. The molecule has 0 aliphatic heterocycles. The Kier molecular flexibility index (Phi) is 3.52. The highest BCUT2D eigenvalue weighted by molar-refractivity contribution is 5.90. The van der Waals surface area contributed by atoms with Crippen molar-refractivity contribution in [1.29, 1.82) is 0 Å². The lowest BCUT2D eigenvalue weighted by atomic mass is 10.2. The standard InChI is InChI=1S/C11H13N5O2/c1-3-11(17)13-8-4-5-10(18-2)9(6-8)16-7-12-14-15-16/h4-7H,3H2,1-2H3,(H,13,17). The van der Waals surface area contributed by atoms with Crippen molar-refractivity contribution in [3.63, 3.8) is 0 Å². The van der Waals surface area contributed by atoms with Crippen LogP contribution in [0.3, 0.4) is 0 Å². The normalized spacial score (nSPS) is 10.1. The number of nitrogens with zero attached hydrogens (tertiary/aromatic N) is 4.